The fourth-order valence-corrected chi connectivity index (χ4v) is 4.36. The van der Waals surface area contributed by atoms with Crippen LogP contribution in [0.15, 0.2) is 51.9 Å². The number of amides is 1. The lowest BCUT2D eigenvalue weighted by atomic mass is 9.99. The molecule has 0 aliphatic carbocycles. The summed E-state index contributed by atoms with van der Waals surface area (Å²) in [4.78, 5) is 32.4. The van der Waals surface area contributed by atoms with Crippen LogP contribution in [0.5, 0.6) is 5.75 Å². The first-order chi connectivity index (χ1) is 14.6. The van der Waals surface area contributed by atoms with Crippen molar-refractivity contribution in [2.24, 2.45) is 0 Å². The average molecular weight is 420 g/mol. The summed E-state index contributed by atoms with van der Waals surface area (Å²) in [6.07, 6.45) is 3.25. The molecule has 8 nitrogen and oxygen atoms in total. The number of nitrogens with zero attached hydrogens (tertiary/aromatic N) is 4. The Hall–Kier alpha value is -3.59. The molecule has 0 bridgehead atoms. The molecule has 1 aliphatic rings. The van der Waals surface area contributed by atoms with Gasteiger partial charge in [-0.05, 0) is 43.7 Å². The Kier molecular flexibility index (Phi) is 4.32. The second-order valence-electron chi connectivity index (χ2n) is 6.73. The molecule has 4 heterocycles. The number of aryl methyl sites for hydroxylation is 1. The van der Waals surface area contributed by atoms with E-state index in [4.69, 9.17) is 9.15 Å². The number of hydrogen-bond acceptors (Lipinski definition) is 8. The highest BCUT2D eigenvalue weighted by molar-refractivity contribution is 7.15. The highest BCUT2D eigenvalue weighted by atomic mass is 32.1. The van der Waals surface area contributed by atoms with Crippen LogP contribution in [0.1, 0.15) is 39.7 Å². The molecule has 0 spiro atoms. The third-order valence-electron chi connectivity index (χ3n) is 4.90. The number of ether oxygens (including phenoxy) is 1. The summed E-state index contributed by atoms with van der Waals surface area (Å²) in [7, 11) is 0. The summed E-state index contributed by atoms with van der Waals surface area (Å²) in [6.45, 7) is 4.16. The Morgan fingerprint density at radius 2 is 1.97 bits per heavy atom. The molecule has 1 aromatic carbocycles. The van der Waals surface area contributed by atoms with Gasteiger partial charge in [-0.25, -0.2) is 0 Å². The van der Waals surface area contributed by atoms with Gasteiger partial charge in [0.1, 0.15) is 16.3 Å². The highest BCUT2D eigenvalue weighted by Crippen LogP contribution is 2.42. The predicted molar refractivity (Wildman–Crippen MR) is 111 cm³/mol. The molecule has 9 heteroatoms. The SMILES string of the molecule is CCOc1ccc2c(=O)c3c(oc2c1)C(=O)N(c1nnc(C)s1)C3c1ccncc1. The minimum absolute atomic E-state index is 0.0100. The highest BCUT2D eigenvalue weighted by Gasteiger charge is 2.45. The number of aromatic nitrogens is 3. The minimum Gasteiger partial charge on any atom is -0.494 e. The Morgan fingerprint density at radius 3 is 2.67 bits per heavy atom. The lowest BCUT2D eigenvalue weighted by Gasteiger charge is -2.21. The topological polar surface area (TPSA) is 98.4 Å². The lowest BCUT2D eigenvalue weighted by Crippen LogP contribution is -2.29. The fourth-order valence-electron chi connectivity index (χ4n) is 3.65. The quantitative estimate of drug-likeness (QED) is 0.498. The van der Waals surface area contributed by atoms with Crippen molar-refractivity contribution in [2.45, 2.75) is 19.9 Å². The number of fused-ring (bicyclic) bond motifs is 2. The van der Waals surface area contributed by atoms with Gasteiger partial charge in [-0.3, -0.25) is 19.5 Å². The normalized spacial score (nSPS) is 15.6. The zero-order valence-corrected chi connectivity index (χ0v) is 17.0. The van der Waals surface area contributed by atoms with Crippen LogP contribution in [0.25, 0.3) is 11.0 Å². The summed E-state index contributed by atoms with van der Waals surface area (Å²) in [5.41, 5.74) is 1.08. The van der Waals surface area contributed by atoms with E-state index in [2.05, 4.69) is 15.2 Å². The number of rotatable bonds is 4. The van der Waals surface area contributed by atoms with Crippen molar-refractivity contribution in [3.05, 3.63) is 74.8 Å². The van der Waals surface area contributed by atoms with E-state index in [1.54, 1.807) is 42.7 Å². The first kappa shape index (κ1) is 18.4. The van der Waals surface area contributed by atoms with Crippen LogP contribution in [0.2, 0.25) is 0 Å². The van der Waals surface area contributed by atoms with E-state index in [1.165, 1.54) is 16.2 Å². The van der Waals surface area contributed by atoms with Gasteiger partial charge < -0.3 is 9.15 Å². The Morgan fingerprint density at radius 1 is 1.17 bits per heavy atom. The molecule has 5 rings (SSSR count). The zero-order valence-electron chi connectivity index (χ0n) is 16.2. The molecule has 1 aliphatic heterocycles. The minimum atomic E-state index is -0.671. The van der Waals surface area contributed by atoms with Crippen LogP contribution >= 0.6 is 11.3 Å². The van der Waals surface area contributed by atoms with Crippen molar-refractivity contribution in [3.63, 3.8) is 0 Å². The summed E-state index contributed by atoms with van der Waals surface area (Å²) in [5.74, 6) is 0.153. The van der Waals surface area contributed by atoms with Crippen molar-refractivity contribution < 1.29 is 13.9 Å². The van der Waals surface area contributed by atoms with E-state index in [-0.39, 0.29) is 16.8 Å². The van der Waals surface area contributed by atoms with Crippen molar-refractivity contribution in [1.82, 2.24) is 15.2 Å². The third kappa shape index (κ3) is 2.78. The van der Waals surface area contributed by atoms with Crippen molar-refractivity contribution in [1.29, 1.82) is 0 Å². The fraction of sp³-hybridized carbons (Fsp3) is 0.190. The molecule has 0 saturated carbocycles. The molecule has 1 amide bonds. The lowest BCUT2D eigenvalue weighted by molar-refractivity contribution is 0.0970. The third-order valence-corrected chi connectivity index (χ3v) is 5.74. The average Bonchev–Trinajstić information content (AvgIpc) is 3.30. The van der Waals surface area contributed by atoms with Gasteiger partial charge in [-0.1, -0.05) is 11.3 Å². The molecule has 0 fully saturated rings. The van der Waals surface area contributed by atoms with Crippen LogP contribution in [0.3, 0.4) is 0 Å². The van der Waals surface area contributed by atoms with Gasteiger partial charge in [0, 0.05) is 18.5 Å². The predicted octanol–water partition coefficient (Wildman–Crippen LogP) is 3.50. The largest absolute Gasteiger partial charge is 0.494 e. The second kappa shape index (κ2) is 7.03. The van der Waals surface area contributed by atoms with Crippen LogP contribution in [-0.4, -0.2) is 27.7 Å². The van der Waals surface area contributed by atoms with Crippen molar-refractivity contribution in [3.8, 4) is 5.75 Å². The van der Waals surface area contributed by atoms with Crippen LogP contribution in [0.4, 0.5) is 5.13 Å². The molecule has 0 saturated heterocycles. The molecule has 0 N–H and O–H groups in total. The first-order valence-electron chi connectivity index (χ1n) is 9.35. The molecular weight excluding hydrogens is 404 g/mol. The van der Waals surface area contributed by atoms with Gasteiger partial charge >= 0.3 is 0 Å². The van der Waals surface area contributed by atoms with E-state index in [9.17, 15) is 9.59 Å². The molecule has 3 aromatic heterocycles. The molecule has 150 valence electrons. The molecule has 4 aromatic rings. The van der Waals surface area contributed by atoms with Crippen LogP contribution in [0, 0.1) is 6.92 Å². The van der Waals surface area contributed by atoms with Crippen molar-refractivity contribution in [2.75, 3.05) is 11.5 Å². The molecule has 1 unspecified atom stereocenters. The van der Waals surface area contributed by atoms with E-state index in [1.807, 2.05) is 13.8 Å². The zero-order chi connectivity index (χ0) is 20.8. The summed E-state index contributed by atoms with van der Waals surface area (Å²) in [6, 6.07) is 7.89. The Labute approximate surface area is 174 Å². The smallest absolute Gasteiger partial charge is 0.297 e. The number of carbonyl (C=O) groups excluding carboxylic acids is 1. The number of hydrogen-bond donors (Lipinski definition) is 0. The Bertz CT molecular complexity index is 1330. The molecule has 30 heavy (non-hydrogen) atoms. The van der Waals surface area contributed by atoms with Gasteiger partial charge in [0.2, 0.25) is 10.9 Å². The summed E-state index contributed by atoms with van der Waals surface area (Å²) >= 11 is 1.28. The maximum Gasteiger partial charge on any atom is 0.297 e. The van der Waals surface area contributed by atoms with Gasteiger partial charge in [0.05, 0.1) is 23.6 Å². The summed E-state index contributed by atoms with van der Waals surface area (Å²) in [5, 5.41) is 9.68. The van der Waals surface area contributed by atoms with E-state index < -0.39 is 11.9 Å². The number of anilines is 1. The van der Waals surface area contributed by atoms with Crippen LogP contribution < -0.4 is 15.1 Å². The van der Waals surface area contributed by atoms with E-state index in [0.717, 1.165) is 5.56 Å². The van der Waals surface area contributed by atoms with Crippen molar-refractivity contribution >= 4 is 33.3 Å². The van der Waals surface area contributed by atoms with Gasteiger partial charge in [0.15, 0.2) is 5.43 Å². The van der Waals surface area contributed by atoms with Gasteiger partial charge in [0.25, 0.3) is 5.91 Å². The molecule has 1 atom stereocenters. The van der Waals surface area contributed by atoms with Gasteiger partial charge in [-0.15, -0.1) is 10.2 Å². The molecular formula is C21H16N4O4S. The van der Waals surface area contributed by atoms with Crippen LogP contribution in [-0.2, 0) is 0 Å². The maximum absolute atomic E-state index is 13.5. The van der Waals surface area contributed by atoms with Gasteiger partial charge in [-0.2, -0.15) is 0 Å². The monoisotopic (exact) mass is 420 g/mol. The number of carbonyl (C=O) groups is 1. The Balaban J connectivity index is 1.78. The number of pyridine rings is 1. The first-order valence-corrected chi connectivity index (χ1v) is 10.2. The number of benzene rings is 1. The maximum atomic E-state index is 13.5. The summed E-state index contributed by atoms with van der Waals surface area (Å²) < 4.78 is 11.5. The standard InChI is InChI=1S/C21H16N4O4S/c1-3-28-13-4-5-14-15(10-13)29-19-16(18(14)26)17(12-6-8-22-9-7-12)25(20(19)27)21-24-23-11(2)30-21/h4-10,17H,3H2,1-2H3. The van der Waals surface area contributed by atoms with E-state index in [0.29, 0.717) is 33.5 Å². The molecule has 0 radical (unpaired) electrons. The van der Waals surface area contributed by atoms with E-state index >= 15 is 0 Å². The second-order valence-corrected chi connectivity index (χ2v) is 7.89.